The van der Waals surface area contributed by atoms with Gasteiger partial charge in [-0.1, -0.05) is 19.0 Å². The fourth-order valence-corrected chi connectivity index (χ4v) is 1.50. The molecule has 0 saturated carbocycles. The number of hydrogen-bond donors (Lipinski definition) is 3. The molecule has 0 heterocycles. The van der Waals surface area contributed by atoms with Crippen molar-refractivity contribution in [1.82, 2.24) is 5.32 Å². The summed E-state index contributed by atoms with van der Waals surface area (Å²) in [5.41, 5.74) is 5.37. The molecule has 1 atom stereocenters. The van der Waals surface area contributed by atoms with Crippen LogP contribution in [0.3, 0.4) is 0 Å². The third-order valence-corrected chi connectivity index (χ3v) is 2.84. The summed E-state index contributed by atoms with van der Waals surface area (Å²) in [6.45, 7) is 10.5. The third-order valence-electron chi connectivity index (χ3n) is 2.84. The van der Waals surface area contributed by atoms with Crippen LogP contribution in [0.5, 0.6) is 0 Å². The average Bonchev–Trinajstić information content (AvgIpc) is 2.30. The van der Waals surface area contributed by atoms with Gasteiger partial charge in [0.05, 0.1) is 6.61 Å². The zero-order chi connectivity index (χ0) is 13.3. The van der Waals surface area contributed by atoms with Crippen LogP contribution in [0, 0.1) is 5.41 Å². The first-order chi connectivity index (χ1) is 7.94. The first kappa shape index (κ1) is 16.2. The molecule has 0 amide bonds. The van der Waals surface area contributed by atoms with Gasteiger partial charge in [0.2, 0.25) is 0 Å². The highest BCUT2D eigenvalue weighted by molar-refractivity contribution is 5.85. The molecule has 0 aromatic heterocycles. The lowest BCUT2D eigenvalue weighted by Crippen LogP contribution is -2.35. The van der Waals surface area contributed by atoms with Crippen molar-refractivity contribution in [3.8, 4) is 0 Å². The van der Waals surface area contributed by atoms with Crippen LogP contribution in [0.15, 0.2) is 5.16 Å². The molecule has 0 spiro atoms. The Bertz CT molecular complexity index is 230. The van der Waals surface area contributed by atoms with Crippen LogP contribution in [0.1, 0.15) is 40.5 Å². The molecule has 4 N–H and O–H groups in total. The molecule has 0 aromatic carbocycles. The van der Waals surface area contributed by atoms with Crippen molar-refractivity contribution in [3.63, 3.8) is 0 Å². The Morgan fingerprint density at radius 1 is 1.53 bits per heavy atom. The monoisotopic (exact) mass is 245 g/mol. The van der Waals surface area contributed by atoms with Crippen LogP contribution < -0.4 is 11.1 Å². The normalized spacial score (nSPS) is 14.9. The molecule has 0 rings (SSSR count). The number of hydrogen-bond acceptors (Lipinski definition) is 4. The predicted molar refractivity (Wildman–Crippen MR) is 70.4 cm³/mol. The van der Waals surface area contributed by atoms with Crippen molar-refractivity contribution in [2.24, 2.45) is 16.3 Å². The zero-order valence-corrected chi connectivity index (χ0v) is 11.5. The lowest BCUT2D eigenvalue weighted by molar-refractivity contribution is 0.127. The standard InChI is InChI=1S/C12H27N3O2/c1-5-17-9-10(2)14-8-6-7-12(3,4)11(13)15-16/h10,14,16H,5-9H2,1-4H3,(H2,13,15). The second-order valence-electron chi connectivity index (χ2n) is 4.99. The Morgan fingerprint density at radius 3 is 2.71 bits per heavy atom. The maximum Gasteiger partial charge on any atom is 0.144 e. The molecule has 5 nitrogen and oxygen atoms in total. The molecule has 0 fully saturated rings. The molecule has 5 heteroatoms. The van der Waals surface area contributed by atoms with E-state index in [1.807, 2.05) is 20.8 Å². The minimum atomic E-state index is -0.250. The SMILES string of the molecule is CCOCC(C)NCCCC(C)(C)C(N)=NO. The zero-order valence-electron chi connectivity index (χ0n) is 11.5. The molecule has 1 unspecified atom stereocenters. The van der Waals surface area contributed by atoms with Crippen molar-refractivity contribution in [1.29, 1.82) is 0 Å². The fraction of sp³-hybridized carbons (Fsp3) is 0.917. The van der Waals surface area contributed by atoms with Crippen molar-refractivity contribution in [2.75, 3.05) is 19.8 Å². The third kappa shape index (κ3) is 7.18. The van der Waals surface area contributed by atoms with Crippen LogP contribution in [-0.2, 0) is 4.74 Å². The van der Waals surface area contributed by atoms with Crippen molar-refractivity contribution in [3.05, 3.63) is 0 Å². The van der Waals surface area contributed by atoms with E-state index >= 15 is 0 Å². The van der Waals surface area contributed by atoms with Gasteiger partial charge in [0, 0.05) is 18.1 Å². The highest BCUT2D eigenvalue weighted by atomic mass is 16.5. The quantitative estimate of drug-likeness (QED) is 0.189. The summed E-state index contributed by atoms with van der Waals surface area (Å²) in [7, 11) is 0. The fourth-order valence-electron chi connectivity index (χ4n) is 1.50. The molecule has 17 heavy (non-hydrogen) atoms. The summed E-state index contributed by atoms with van der Waals surface area (Å²) in [5, 5.41) is 15.1. The Hall–Kier alpha value is -0.810. The largest absolute Gasteiger partial charge is 0.409 e. The van der Waals surface area contributed by atoms with Gasteiger partial charge in [0.1, 0.15) is 5.84 Å². The van der Waals surface area contributed by atoms with E-state index < -0.39 is 0 Å². The van der Waals surface area contributed by atoms with Gasteiger partial charge in [0.15, 0.2) is 0 Å². The number of nitrogens with zero attached hydrogens (tertiary/aromatic N) is 1. The van der Waals surface area contributed by atoms with Gasteiger partial charge < -0.3 is 21.0 Å². The highest BCUT2D eigenvalue weighted by Gasteiger charge is 2.22. The van der Waals surface area contributed by atoms with E-state index in [1.165, 1.54) is 0 Å². The maximum absolute atomic E-state index is 8.64. The van der Waals surface area contributed by atoms with Gasteiger partial charge in [-0.2, -0.15) is 0 Å². The lowest BCUT2D eigenvalue weighted by Gasteiger charge is -2.23. The molecule has 0 aliphatic carbocycles. The van der Waals surface area contributed by atoms with Crippen LogP contribution in [0.2, 0.25) is 0 Å². The van der Waals surface area contributed by atoms with Gasteiger partial charge in [-0.3, -0.25) is 0 Å². The molecule has 0 saturated heterocycles. The minimum absolute atomic E-state index is 0.250. The number of amidine groups is 1. The molecular weight excluding hydrogens is 218 g/mol. The van der Waals surface area contributed by atoms with E-state index in [1.54, 1.807) is 0 Å². The molecule has 102 valence electrons. The predicted octanol–water partition coefficient (Wildman–Crippen LogP) is 1.55. The molecular formula is C12H27N3O2. The summed E-state index contributed by atoms with van der Waals surface area (Å²) in [4.78, 5) is 0. The summed E-state index contributed by atoms with van der Waals surface area (Å²) in [5.74, 6) is 0.292. The van der Waals surface area contributed by atoms with Gasteiger partial charge in [0.25, 0.3) is 0 Å². The molecule has 0 aliphatic heterocycles. The van der Waals surface area contributed by atoms with Gasteiger partial charge in [-0.25, -0.2) is 0 Å². The number of nitrogens with two attached hydrogens (primary N) is 1. The summed E-state index contributed by atoms with van der Waals surface area (Å²) < 4.78 is 5.31. The van der Waals surface area contributed by atoms with E-state index in [4.69, 9.17) is 15.7 Å². The Labute approximate surface area is 104 Å². The molecule has 0 aliphatic rings. The Morgan fingerprint density at radius 2 is 2.18 bits per heavy atom. The lowest BCUT2D eigenvalue weighted by atomic mass is 9.86. The van der Waals surface area contributed by atoms with E-state index in [0.29, 0.717) is 11.9 Å². The first-order valence-corrected chi connectivity index (χ1v) is 6.23. The minimum Gasteiger partial charge on any atom is -0.409 e. The van der Waals surface area contributed by atoms with Gasteiger partial charge in [-0.15, -0.1) is 0 Å². The van der Waals surface area contributed by atoms with Crippen LogP contribution in [0.25, 0.3) is 0 Å². The van der Waals surface area contributed by atoms with Crippen LogP contribution in [0.4, 0.5) is 0 Å². The van der Waals surface area contributed by atoms with E-state index in [-0.39, 0.29) is 5.41 Å². The number of nitrogens with one attached hydrogen (secondary N) is 1. The van der Waals surface area contributed by atoms with E-state index in [0.717, 1.165) is 32.6 Å². The molecule has 0 aromatic rings. The number of ether oxygens (including phenoxy) is 1. The van der Waals surface area contributed by atoms with Crippen molar-refractivity contribution < 1.29 is 9.94 Å². The van der Waals surface area contributed by atoms with Crippen LogP contribution in [-0.4, -0.2) is 36.8 Å². The van der Waals surface area contributed by atoms with Gasteiger partial charge >= 0.3 is 0 Å². The summed E-state index contributed by atoms with van der Waals surface area (Å²) in [6, 6.07) is 0.363. The molecule has 0 bridgehead atoms. The van der Waals surface area contributed by atoms with E-state index in [9.17, 15) is 0 Å². The van der Waals surface area contributed by atoms with Crippen LogP contribution >= 0.6 is 0 Å². The van der Waals surface area contributed by atoms with E-state index in [2.05, 4.69) is 17.4 Å². The van der Waals surface area contributed by atoms with Crippen molar-refractivity contribution >= 4 is 5.84 Å². The average molecular weight is 245 g/mol. The topological polar surface area (TPSA) is 79.9 Å². The Balaban J connectivity index is 3.70. The van der Waals surface area contributed by atoms with Crippen molar-refractivity contribution in [2.45, 2.75) is 46.6 Å². The maximum atomic E-state index is 8.64. The number of rotatable bonds is 9. The highest BCUT2D eigenvalue weighted by Crippen LogP contribution is 2.21. The second-order valence-corrected chi connectivity index (χ2v) is 4.99. The molecule has 0 radical (unpaired) electrons. The summed E-state index contributed by atoms with van der Waals surface area (Å²) in [6.07, 6.45) is 1.87. The first-order valence-electron chi connectivity index (χ1n) is 6.23. The Kier molecular flexibility index (Phi) is 7.91. The summed E-state index contributed by atoms with van der Waals surface area (Å²) >= 11 is 0. The second kappa shape index (κ2) is 8.31. The van der Waals surface area contributed by atoms with Gasteiger partial charge in [-0.05, 0) is 33.2 Å². The smallest absolute Gasteiger partial charge is 0.144 e. The number of oxime groups is 1.